The third kappa shape index (κ3) is 4.49. The lowest BCUT2D eigenvalue weighted by Gasteiger charge is -2.32. The average molecular weight is 228 g/mol. The van der Waals surface area contributed by atoms with Crippen molar-refractivity contribution >= 4 is 5.91 Å². The van der Waals surface area contributed by atoms with Crippen molar-refractivity contribution in [2.24, 2.45) is 0 Å². The van der Waals surface area contributed by atoms with Crippen LogP contribution in [0.1, 0.15) is 39.5 Å². The highest BCUT2D eigenvalue weighted by atomic mass is 16.3. The molecular formula is C12H24N2O2. The van der Waals surface area contributed by atoms with E-state index in [0.29, 0.717) is 12.6 Å². The summed E-state index contributed by atoms with van der Waals surface area (Å²) in [6.45, 7) is 4.39. The number of hydrogen-bond acceptors (Lipinski definition) is 3. The van der Waals surface area contributed by atoms with E-state index >= 15 is 0 Å². The van der Waals surface area contributed by atoms with Crippen LogP contribution < -0.4 is 5.32 Å². The number of aliphatic hydroxyl groups excluding tert-OH is 1. The van der Waals surface area contributed by atoms with Crippen LogP contribution in [0, 0.1) is 0 Å². The molecule has 0 spiro atoms. The Labute approximate surface area is 98.0 Å². The average Bonchev–Trinajstić information content (AvgIpc) is 2.16. The van der Waals surface area contributed by atoms with Gasteiger partial charge < -0.3 is 10.4 Å². The van der Waals surface area contributed by atoms with Crippen molar-refractivity contribution in [3.63, 3.8) is 0 Å². The maximum absolute atomic E-state index is 11.6. The molecule has 0 aromatic heterocycles. The maximum atomic E-state index is 11.6. The first-order valence-electron chi connectivity index (χ1n) is 6.16. The molecule has 0 atom stereocenters. The van der Waals surface area contributed by atoms with Gasteiger partial charge in [0.2, 0.25) is 5.91 Å². The van der Waals surface area contributed by atoms with Crippen molar-refractivity contribution in [3.05, 3.63) is 0 Å². The molecule has 0 saturated heterocycles. The van der Waals surface area contributed by atoms with Gasteiger partial charge in [-0.05, 0) is 46.6 Å². The molecule has 1 amide bonds. The van der Waals surface area contributed by atoms with Crippen LogP contribution in [0.5, 0.6) is 0 Å². The number of nitrogens with one attached hydrogen (secondary N) is 1. The molecule has 0 heterocycles. The summed E-state index contributed by atoms with van der Waals surface area (Å²) in [5.41, 5.74) is 0. The van der Waals surface area contributed by atoms with Gasteiger partial charge in [-0.3, -0.25) is 9.69 Å². The summed E-state index contributed by atoms with van der Waals surface area (Å²) in [5, 5.41) is 12.3. The lowest BCUT2D eigenvalue weighted by molar-refractivity contribution is -0.123. The van der Waals surface area contributed by atoms with Crippen molar-refractivity contribution in [1.29, 1.82) is 0 Å². The van der Waals surface area contributed by atoms with E-state index < -0.39 is 0 Å². The first kappa shape index (κ1) is 13.5. The van der Waals surface area contributed by atoms with Crippen LogP contribution in [-0.2, 0) is 4.79 Å². The Morgan fingerprint density at radius 3 is 2.44 bits per heavy atom. The van der Waals surface area contributed by atoms with E-state index in [4.69, 9.17) is 0 Å². The number of carbonyl (C=O) groups excluding carboxylic acids is 1. The molecule has 1 aliphatic rings. The third-order valence-corrected chi connectivity index (χ3v) is 3.13. The Morgan fingerprint density at radius 1 is 1.38 bits per heavy atom. The van der Waals surface area contributed by atoms with Gasteiger partial charge in [0.1, 0.15) is 0 Å². The number of amides is 1. The minimum atomic E-state index is -0.130. The molecule has 0 radical (unpaired) electrons. The number of aliphatic hydroxyl groups is 1. The van der Waals surface area contributed by atoms with Crippen LogP contribution >= 0.6 is 0 Å². The van der Waals surface area contributed by atoms with Crippen LogP contribution in [0.2, 0.25) is 0 Å². The van der Waals surface area contributed by atoms with Gasteiger partial charge in [-0.1, -0.05) is 0 Å². The zero-order valence-electron chi connectivity index (χ0n) is 10.6. The molecular weight excluding hydrogens is 204 g/mol. The molecule has 16 heavy (non-hydrogen) atoms. The molecule has 0 aromatic carbocycles. The Balaban J connectivity index is 2.29. The lowest BCUT2D eigenvalue weighted by atomic mass is 9.92. The van der Waals surface area contributed by atoms with Crippen LogP contribution in [0.4, 0.5) is 0 Å². The largest absolute Gasteiger partial charge is 0.393 e. The molecule has 1 rings (SSSR count). The molecule has 4 heteroatoms. The molecule has 1 saturated carbocycles. The normalized spacial score (nSPS) is 26.1. The Bertz CT molecular complexity index is 223. The molecule has 4 nitrogen and oxygen atoms in total. The van der Waals surface area contributed by atoms with Crippen LogP contribution in [0.3, 0.4) is 0 Å². The lowest BCUT2D eigenvalue weighted by Crippen LogP contribution is -2.44. The van der Waals surface area contributed by atoms with E-state index in [2.05, 4.69) is 10.2 Å². The third-order valence-electron chi connectivity index (χ3n) is 3.13. The highest BCUT2D eigenvalue weighted by Crippen LogP contribution is 2.21. The zero-order valence-corrected chi connectivity index (χ0v) is 10.6. The monoisotopic (exact) mass is 228 g/mol. The first-order valence-corrected chi connectivity index (χ1v) is 6.16. The topological polar surface area (TPSA) is 52.6 Å². The quantitative estimate of drug-likeness (QED) is 0.746. The fourth-order valence-electron chi connectivity index (χ4n) is 2.22. The van der Waals surface area contributed by atoms with E-state index in [0.717, 1.165) is 25.7 Å². The fourth-order valence-corrected chi connectivity index (χ4v) is 2.22. The SMILES string of the molecule is CC(C)NC(=O)CN(C)C1CCC(O)CC1. The predicted octanol–water partition coefficient (Wildman–Crippen LogP) is 0.746. The summed E-state index contributed by atoms with van der Waals surface area (Å²) in [5.74, 6) is 0.0867. The molecule has 0 aliphatic heterocycles. The number of hydrogen-bond donors (Lipinski definition) is 2. The summed E-state index contributed by atoms with van der Waals surface area (Å²) in [4.78, 5) is 13.7. The zero-order chi connectivity index (χ0) is 12.1. The van der Waals surface area contributed by atoms with Gasteiger partial charge in [0.05, 0.1) is 12.6 Å². The van der Waals surface area contributed by atoms with E-state index in [1.165, 1.54) is 0 Å². The second-order valence-electron chi connectivity index (χ2n) is 5.10. The summed E-state index contributed by atoms with van der Waals surface area (Å²) in [7, 11) is 1.99. The number of likely N-dealkylation sites (N-methyl/N-ethyl adjacent to an activating group) is 1. The Kier molecular flexibility index (Phi) is 5.22. The molecule has 1 fully saturated rings. The first-order chi connectivity index (χ1) is 7.49. The number of rotatable bonds is 4. The van der Waals surface area contributed by atoms with E-state index in [1.807, 2.05) is 20.9 Å². The number of carbonyl (C=O) groups is 1. The smallest absolute Gasteiger partial charge is 0.234 e. The number of nitrogens with zero attached hydrogens (tertiary/aromatic N) is 1. The standard InChI is InChI=1S/C12H24N2O2/c1-9(2)13-12(16)8-14(3)10-4-6-11(15)7-5-10/h9-11,15H,4-8H2,1-3H3,(H,13,16). The second kappa shape index (κ2) is 6.21. The van der Waals surface area contributed by atoms with Crippen molar-refractivity contribution in [3.8, 4) is 0 Å². The molecule has 94 valence electrons. The molecule has 0 unspecified atom stereocenters. The van der Waals surface area contributed by atoms with E-state index in [1.54, 1.807) is 0 Å². The fraction of sp³-hybridized carbons (Fsp3) is 0.917. The highest BCUT2D eigenvalue weighted by Gasteiger charge is 2.23. The summed E-state index contributed by atoms with van der Waals surface area (Å²) >= 11 is 0. The Hall–Kier alpha value is -0.610. The van der Waals surface area contributed by atoms with Gasteiger partial charge >= 0.3 is 0 Å². The van der Waals surface area contributed by atoms with Gasteiger partial charge in [-0.2, -0.15) is 0 Å². The van der Waals surface area contributed by atoms with Gasteiger partial charge in [0, 0.05) is 12.1 Å². The Morgan fingerprint density at radius 2 is 1.94 bits per heavy atom. The summed E-state index contributed by atoms with van der Waals surface area (Å²) in [6.07, 6.45) is 3.58. The van der Waals surface area contributed by atoms with Gasteiger partial charge in [-0.15, -0.1) is 0 Å². The minimum absolute atomic E-state index is 0.0867. The van der Waals surface area contributed by atoms with Gasteiger partial charge in [0.15, 0.2) is 0 Å². The molecule has 0 aromatic rings. The maximum Gasteiger partial charge on any atom is 0.234 e. The van der Waals surface area contributed by atoms with Crippen molar-refractivity contribution in [1.82, 2.24) is 10.2 Å². The van der Waals surface area contributed by atoms with Gasteiger partial charge in [0.25, 0.3) is 0 Å². The van der Waals surface area contributed by atoms with Crippen molar-refractivity contribution in [2.75, 3.05) is 13.6 Å². The molecule has 2 N–H and O–H groups in total. The summed E-state index contributed by atoms with van der Waals surface area (Å²) < 4.78 is 0. The molecule has 1 aliphatic carbocycles. The second-order valence-corrected chi connectivity index (χ2v) is 5.10. The molecule has 0 bridgehead atoms. The van der Waals surface area contributed by atoms with Gasteiger partial charge in [-0.25, -0.2) is 0 Å². The summed E-state index contributed by atoms with van der Waals surface area (Å²) in [6, 6.07) is 0.649. The van der Waals surface area contributed by atoms with Crippen LogP contribution in [0.25, 0.3) is 0 Å². The van der Waals surface area contributed by atoms with E-state index in [9.17, 15) is 9.90 Å². The van der Waals surface area contributed by atoms with Crippen LogP contribution in [-0.4, -0.2) is 47.7 Å². The highest BCUT2D eigenvalue weighted by molar-refractivity contribution is 5.78. The van der Waals surface area contributed by atoms with Crippen molar-refractivity contribution in [2.45, 2.75) is 57.7 Å². The predicted molar refractivity (Wildman–Crippen MR) is 64.2 cm³/mol. The minimum Gasteiger partial charge on any atom is -0.393 e. The van der Waals surface area contributed by atoms with E-state index in [-0.39, 0.29) is 18.1 Å². The van der Waals surface area contributed by atoms with Crippen LogP contribution in [0.15, 0.2) is 0 Å². The van der Waals surface area contributed by atoms with Crippen molar-refractivity contribution < 1.29 is 9.90 Å².